The van der Waals surface area contributed by atoms with Crippen LogP contribution in [0.25, 0.3) is 56.0 Å². The van der Waals surface area contributed by atoms with Gasteiger partial charge in [0.15, 0.2) is 11.3 Å². The molecule has 1 saturated carbocycles. The number of hydrogen-bond donors (Lipinski definition) is 2. The number of piperidine rings is 4. The number of carboxylic acids is 1. The molecule has 0 spiro atoms. The first-order chi connectivity index (χ1) is 42.0. The number of likely N-dealkylation sites (tertiary alicyclic amines) is 2. The van der Waals surface area contributed by atoms with E-state index in [1.54, 1.807) is 24.3 Å². The number of fused-ring (bicyclic) bond motifs is 2. The first-order valence-electron chi connectivity index (χ1n) is 30.5. The SMILES string of the molecule is Cc1ccc(C(=O)NC2CC2)cc1-c1nc(N2CCC(N3CCC(C)CC3)CC2)nc2c1ccc(=O)n2-c1c(F)cccc1F.Cc1ccc(C(=O)O)cc1-c1nc(N2CCC(N3CCC(C)CC3)CC2)nc2c1ccc(=O)n2-c1c(F)cccc1F. The van der Waals surface area contributed by atoms with Crippen molar-refractivity contribution < 1.29 is 32.3 Å². The molecule has 87 heavy (non-hydrogen) atoms. The molecule has 13 rings (SSSR count). The molecule has 1 amide bonds. The highest BCUT2D eigenvalue weighted by atomic mass is 19.1. The molecular formula is C67H71F4N11O5. The van der Waals surface area contributed by atoms with Crippen molar-refractivity contribution in [2.75, 3.05) is 62.2 Å². The fraction of sp³-hybridized carbons (Fsp3) is 0.403. The number of carbonyl (C=O) groups excluding carboxylic acids is 1. The summed E-state index contributed by atoms with van der Waals surface area (Å²) in [5.74, 6) is -2.51. The molecule has 5 aliphatic rings. The highest BCUT2D eigenvalue weighted by Gasteiger charge is 2.33. The topological polar surface area (TPSA) is 175 Å². The lowest BCUT2D eigenvalue weighted by atomic mass is 9.95. The third-order valence-corrected chi connectivity index (χ3v) is 18.4. The van der Waals surface area contributed by atoms with Crippen LogP contribution in [0.15, 0.2) is 107 Å². The number of benzene rings is 4. The van der Waals surface area contributed by atoms with Crippen LogP contribution >= 0.6 is 0 Å². The number of hydrogen-bond acceptors (Lipinski definition) is 12. The van der Waals surface area contributed by atoms with Crippen molar-refractivity contribution in [1.82, 2.24) is 44.2 Å². The third kappa shape index (κ3) is 12.2. The summed E-state index contributed by atoms with van der Waals surface area (Å²) in [5, 5.41) is 13.6. The minimum absolute atomic E-state index is 0.0544. The molecule has 16 nitrogen and oxygen atoms in total. The van der Waals surface area contributed by atoms with Gasteiger partial charge >= 0.3 is 5.97 Å². The summed E-state index contributed by atoms with van der Waals surface area (Å²) in [6, 6.07) is 24.0. The molecule has 2 N–H and O–H groups in total. The van der Waals surface area contributed by atoms with Crippen molar-refractivity contribution in [2.24, 2.45) is 11.8 Å². The maximum atomic E-state index is 15.2. The molecule has 0 atom stereocenters. The molecule has 4 aromatic heterocycles. The molecule has 4 aromatic carbocycles. The van der Waals surface area contributed by atoms with Crippen molar-refractivity contribution in [1.29, 1.82) is 0 Å². The van der Waals surface area contributed by atoms with Gasteiger partial charge in [0.2, 0.25) is 11.9 Å². The molecule has 8 aromatic rings. The molecule has 452 valence electrons. The number of aromatic carboxylic acids is 1. The summed E-state index contributed by atoms with van der Waals surface area (Å²) < 4.78 is 62.4. The van der Waals surface area contributed by atoms with E-state index in [0.717, 1.165) is 134 Å². The number of anilines is 2. The highest BCUT2D eigenvalue weighted by molar-refractivity contribution is 5.99. The van der Waals surface area contributed by atoms with Crippen molar-refractivity contribution in [2.45, 2.75) is 110 Å². The smallest absolute Gasteiger partial charge is 0.335 e. The number of amides is 1. The van der Waals surface area contributed by atoms with Crippen LogP contribution < -0.4 is 26.2 Å². The monoisotopic (exact) mass is 1190 g/mol. The van der Waals surface area contributed by atoms with Crippen LogP contribution in [-0.4, -0.2) is 126 Å². The van der Waals surface area contributed by atoms with Crippen molar-refractivity contribution >= 4 is 45.8 Å². The van der Waals surface area contributed by atoms with E-state index in [1.807, 2.05) is 24.8 Å². The molecule has 0 bridgehead atoms. The number of nitrogens with one attached hydrogen (secondary N) is 1. The minimum Gasteiger partial charge on any atom is -0.478 e. The number of para-hydroxylation sites is 2. The van der Waals surface area contributed by atoms with Crippen LogP contribution in [0.1, 0.15) is 110 Å². The van der Waals surface area contributed by atoms with E-state index in [1.165, 1.54) is 68.1 Å². The van der Waals surface area contributed by atoms with Gasteiger partial charge in [-0.1, -0.05) is 38.1 Å². The van der Waals surface area contributed by atoms with E-state index in [0.29, 0.717) is 75.9 Å². The summed E-state index contributed by atoms with van der Waals surface area (Å²) in [6.07, 6.45) is 10.5. The van der Waals surface area contributed by atoms with E-state index in [-0.39, 0.29) is 28.8 Å². The third-order valence-electron chi connectivity index (χ3n) is 18.4. The van der Waals surface area contributed by atoms with Gasteiger partial charge in [0.1, 0.15) is 34.6 Å². The summed E-state index contributed by atoms with van der Waals surface area (Å²) in [7, 11) is 0. The summed E-state index contributed by atoms with van der Waals surface area (Å²) in [5.41, 5.74) is 2.29. The lowest BCUT2D eigenvalue weighted by molar-refractivity contribution is 0.0696. The van der Waals surface area contributed by atoms with Crippen molar-refractivity contribution in [3.63, 3.8) is 0 Å². The molecule has 4 aliphatic heterocycles. The number of aryl methyl sites for hydroxylation is 2. The summed E-state index contributed by atoms with van der Waals surface area (Å²) in [6.45, 7) is 15.6. The van der Waals surface area contributed by atoms with Crippen molar-refractivity contribution in [3.05, 3.63) is 163 Å². The first kappa shape index (κ1) is 59.0. The van der Waals surface area contributed by atoms with Gasteiger partial charge < -0.3 is 30.0 Å². The maximum Gasteiger partial charge on any atom is 0.335 e. The van der Waals surface area contributed by atoms with Crippen LogP contribution in [0, 0.1) is 49.0 Å². The van der Waals surface area contributed by atoms with Gasteiger partial charge in [0, 0.05) is 83.9 Å². The number of pyridine rings is 2. The Morgan fingerprint density at radius 1 is 0.494 bits per heavy atom. The highest BCUT2D eigenvalue weighted by Crippen LogP contribution is 2.37. The lowest BCUT2D eigenvalue weighted by Crippen LogP contribution is -2.48. The predicted octanol–water partition coefficient (Wildman–Crippen LogP) is 11.1. The number of aromatic nitrogens is 6. The van der Waals surface area contributed by atoms with Crippen LogP contribution in [0.5, 0.6) is 0 Å². The molecule has 1 aliphatic carbocycles. The average molecular weight is 1190 g/mol. The van der Waals surface area contributed by atoms with E-state index >= 15 is 17.6 Å². The summed E-state index contributed by atoms with van der Waals surface area (Å²) in [4.78, 5) is 80.3. The zero-order valence-electron chi connectivity index (χ0n) is 49.4. The second-order valence-corrected chi connectivity index (χ2v) is 24.4. The number of carbonyl (C=O) groups is 2. The zero-order valence-corrected chi connectivity index (χ0v) is 49.4. The Morgan fingerprint density at radius 2 is 0.885 bits per heavy atom. The Morgan fingerprint density at radius 3 is 1.28 bits per heavy atom. The van der Waals surface area contributed by atoms with Crippen LogP contribution in [0.4, 0.5) is 29.5 Å². The molecular weight excluding hydrogens is 1110 g/mol. The molecule has 5 fully saturated rings. The number of carboxylic acid groups (broad SMARTS) is 1. The van der Waals surface area contributed by atoms with Crippen molar-refractivity contribution in [3.8, 4) is 33.9 Å². The molecule has 0 radical (unpaired) electrons. The van der Waals surface area contributed by atoms with E-state index in [9.17, 15) is 24.3 Å². The fourth-order valence-electron chi connectivity index (χ4n) is 12.9. The predicted molar refractivity (Wildman–Crippen MR) is 328 cm³/mol. The Hall–Kier alpha value is -8.36. The summed E-state index contributed by atoms with van der Waals surface area (Å²) >= 11 is 0. The second kappa shape index (κ2) is 24.8. The van der Waals surface area contributed by atoms with Crippen LogP contribution in [0.2, 0.25) is 0 Å². The Kier molecular flexibility index (Phi) is 16.8. The largest absolute Gasteiger partial charge is 0.478 e. The maximum absolute atomic E-state index is 15.2. The number of halogens is 4. The van der Waals surface area contributed by atoms with E-state index in [4.69, 9.17) is 19.9 Å². The first-order valence-corrected chi connectivity index (χ1v) is 30.5. The van der Waals surface area contributed by atoms with Gasteiger partial charge in [-0.05, 0) is 188 Å². The van der Waals surface area contributed by atoms with E-state index in [2.05, 4.69) is 33.9 Å². The molecule has 4 saturated heterocycles. The number of nitrogens with zero attached hydrogens (tertiary/aromatic N) is 10. The van der Waals surface area contributed by atoms with Gasteiger partial charge in [0.05, 0.1) is 17.0 Å². The lowest BCUT2D eigenvalue weighted by Gasteiger charge is -2.41. The number of rotatable bonds is 11. The molecule has 0 unspecified atom stereocenters. The van der Waals surface area contributed by atoms with Gasteiger partial charge in [-0.2, -0.15) is 9.97 Å². The van der Waals surface area contributed by atoms with Gasteiger partial charge in [-0.15, -0.1) is 0 Å². The molecule has 8 heterocycles. The quantitative estimate of drug-likeness (QED) is 0.117. The van der Waals surface area contributed by atoms with Gasteiger partial charge in [-0.25, -0.2) is 32.3 Å². The Bertz CT molecular complexity index is 4030. The fourth-order valence-corrected chi connectivity index (χ4v) is 12.9. The van der Waals surface area contributed by atoms with Gasteiger partial charge in [0.25, 0.3) is 17.0 Å². The van der Waals surface area contributed by atoms with Crippen LogP contribution in [-0.2, 0) is 0 Å². The minimum atomic E-state index is -1.09. The molecule has 20 heteroatoms. The normalized spacial score (nSPS) is 17.8. The Labute approximate surface area is 501 Å². The Balaban J connectivity index is 0.000000170. The van der Waals surface area contributed by atoms with E-state index < -0.39 is 51.7 Å². The second-order valence-electron chi connectivity index (χ2n) is 24.4. The van der Waals surface area contributed by atoms with Crippen LogP contribution in [0.3, 0.4) is 0 Å². The standard InChI is InChI=1S/C35H38F2N6O2.C32H33F2N5O3/c1-21-12-16-41(17-13-21)25-14-18-42(19-15-25)35-39-31(27-20-23(7-6-22(27)2)34(45)38-24-8-9-24)26-10-11-30(44)43(33(26)40-35)32-28(36)4-3-5-29(32)37;1-19-10-14-37(15-11-19)22-12-16-38(17-13-22)32-35-28(24-18-21(31(41)42)7-6-20(24)2)23-8-9-27(40)39(30(23)36-32)29-25(33)4-3-5-26(29)34/h3-7,10-11,20-21,24-25H,8-9,12-19H2,1-2H3,(H,38,45);3-9,18-19,22H,10-17H2,1-2H3,(H,41,42). The average Bonchev–Trinajstić information content (AvgIpc) is 1.41. The zero-order chi connectivity index (χ0) is 60.8. The van der Waals surface area contributed by atoms with Gasteiger partial charge in [-0.3, -0.25) is 23.5 Å².